The first-order valence-electron chi connectivity index (χ1n) is 0. The van der Waals surface area contributed by atoms with E-state index < -0.39 is 0 Å². The Morgan fingerprint density at radius 1 is 0.111 bits per heavy atom. The van der Waals surface area contributed by atoms with Crippen molar-refractivity contribution in [3.63, 3.8) is 0 Å². The summed E-state index contributed by atoms with van der Waals surface area (Å²) in [5, 5.41) is 0. The molecule has 9 heavy (non-hydrogen) atoms. The third-order valence-electron chi connectivity index (χ3n) is 0. The molecule has 0 heterocycles. The van der Waals surface area contributed by atoms with Crippen molar-refractivity contribution in [3.8, 4) is 0 Å². The van der Waals surface area contributed by atoms with Gasteiger partial charge in [0.2, 0.25) is 0 Å². The maximum Gasteiger partial charge on any atom is 0 e. The Labute approximate surface area is 196 Å². The van der Waals surface area contributed by atoms with Crippen molar-refractivity contribution in [2.45, 2.75) is 0 Å². The molecule has 9 radical (unpaired) electrons. The summed E-state index contributed by atoms with van der Waals surface area (Å²) in [7, 11) is 0. The summed E-state index contributed by atoms with van der Waals surface area (Å²) >= 11 is 0. The van der Waals surface area contributed by atoms with Crippen LogP contribution in [0.15, 0.2) is 0 Å². The SMILES string of the molecule is [Ta].[Ta].[Ta].[Ta].[Ta].[Ta].[Ta].[Ta].[Ta]. The van der Waals surface area contributed by atoms with Crippen LogP contribution in [0.4, 0.5) is 0 Å². The van der Waals surface area contributed by atoms with E-state index >= 15 is 0 Å². The van der Waals surface area contributed by atoms with Crippen LogP contribution >= 0.6 is 0 Å². The van der Waals surface area contributed by atoms with Crippen LogP contribution in [0.3, 0.4) is 0 Å². The normalized spacial score (nSPS) is 0. The van der Waals surface area contributed by atoms with E-state index in [-0.39, 0.29) is 201 Å². The number of hydrogen-bond acceptors (Lipinski definition) is 0. The van der Waals surface area contributed by atoms with Gasteiger partial charge in [-0.05, 0) is 0 Å². The van der Waals surface area contributed by atoms with Gasteiger partial charge in [-0.25, -0.2) is 0 Å². The standard InChI is InChI=1S/9Ta. The molecule has 0 aliphatic rings. The molecule has 0 spiro atoms. The van der Waals surface area contributed by atoms with Gasteiger partial charge in [0.1, 0.15) is 0 Å². The largest absolute Gasteiger partial charge is 0 e. The summed E-state index contributed by atoms with van der Waals surface area (Å²) in [4.78, 5) is 0. The molecular formula is Ta9. The van der Waals surface area contributed by atoms with E-state index in [1.54, 1.807) is 0 Å². The fraction of sp³-hybridized carbons (Fsp3) is 0. The van der Waals surface area contributed by atoms with Crippen molar-refractivity contribution in [1.29, 1.82) is 0 Å². The number of rotatable bonds is 0. The predicted molar refractivity (Wildman–Crippen MR) is 0 cm³/mol. The molecule has 45 valence electrons. The first kappa shape index (κ1) is 75.9. The summed E-state index contributed by atoms with van der Waals surface area (Å²) in [6, 6.07) is 0. The van der Waals surface area contributed by atoms with E-state index in [2.05, 4.69) is 0 Å². The predicted octanol–water partition coefficient (Wildman–Crippen LogP) is -0.0225. The van der Waals surface area contributed by atoms with Gasteiger partial charge in [0.25, 0.3) is 0 Å². The fourth-order valence-electron chi connectivity index (χ4n) is 0. The second-order valence-corrected chi connectivity index (χ2v) is 0. The molecule has 0 saturated heterocycles. The Hall–Kier alpha value is 6.66. The van der Waals surface area contributed by atoms with Gasteiger partial charge in [0.15, 0.2) is 0 Å². The van der Waals surface area contributed by atoms with Gasteiger partial charge in [-0.2, -0.15) is 0 Å². The van der Waals surface area contributed by atoms with Gasteiger partial charge in [0, 0.05) is 201 Å². The Morgan fingerprint density at radius 3 is 0.111 bits per heavy atom. The molecular weight excluding hydrogens is 1630 g/mol. The Balaban J connectivity index is 0. The number of hydrogen-bond donors (Lipinski definition) is 0. The van der Waals surface area contributed by atoms with Crippen LogP contribution in [-0.4, -0.2) is 0 Å². The van der Waals surface area contributed by atoms with Crippen LogP contribution in [0.2, 0.25) is 0 Å². The molecule has 0 amide bonds. The third-order valence-corrected chi connectivity index (χ3v) is 0. The van der Waals surface area contributed by atoms with Crippen LogP contribution in [0, 0.1) is 0 Å². The van der Waals surface area contributed by atoms with Gasteiger partial charge in [-0.15, -0.1) is 0 Å². The van der Waals surface area contributed by atoms with Crippen LogP contribution < -0.4 is 0 Å². The molecule has 0 atom stereocenters. The topological polar surface area (TPSA) is 0 Å². The minimum Gasteiger partial charge on any atom is 0 e. The van der Waals surface area contributed by atoms with E-state index in [0.29, 0.717) is 0 Å². The molecule has 0 N–H and O–H groups in total. The van der Waals surface area contributed by atoms with Gasteiger partial charge in [-0.1, -0.05) is 0 Å². The Kier molecular flexibility index (Phi) is 520. The maximum atomic E-state index is 0. The molecule has 0 saturated carbocycles. The van der Waals surface area contributed by atoms with Gasteiger partial charge >= 0.3 is 0 Å². The van der Waals surface area contributed by atoms with E-state index in [4.69, 9.17) is 0 Å². The van der Waals surface area contributed by atoms with Crippen LogP contribution in [0.1, 0.15) is 0 Å². The average molecular weight is 1630 g/mol. The zero-order valence-electron chi connectivity index (χ0n) is 4.02. The smallest absolute Gasteiger partial charge is 0 e. The summed E-state index contributed by atoms with van der Waals surface area (Å²) in [5.41, 5.74) is 0. The Bertz CT molecular complexity index is 0. The molecule has 0 aromatic heterocycles. The van der Waals surface area contributed by atoms with Gasteiger partial charge < -0.3 is 0 Å². The molecule has 0 nitrogen and oxygen atoms in total. The van der Waals surface area contributed by atoms with Crippen molar-refractivity contribution in [2.24, 2.45) is 0 Å². The zero-order valence-corrected chi connectivity index (χ0v) is 32.9. The molecule has 0 unspecified atom stereocenters. The van der Waals surface area contributed by atoms with Crippen molar-refractivity contribution < 1.29 is 201 Å². The summed E-state index contributed by atoms with van der Waals surface area (Å²) in [5.74, 6) is 0. The summed E-state index contributed by atoms with van der Waals surface area (Å²) < 4.78 is 0. The third kappa shape index (κ3) is 53.0. The molecule has 0 fully saturated rings. The van der Waals surface area contributed by atoms with Gasteiger partial charge in [0.05, 0.1) is 0 Å². The van der Waals surface area contributed by atoms with E-state index in [1.807, 2.05) is 0 Å². The second-order valence-electron chi connectivity index (χ2n) is 0. The first-order valence-corrected chi connectivity index (χ1v) is 0. The maximum absolute atomic E-state index is 0. The van der Waals surface area contributed by atoms with Gasteiger partial charge in [-0.3, -0.25) is 0 Å². The first-order chi connectivity index (χ1) is 0. The van der Waals surface area contributed by atoms with Crippen molar-refractivity contribution in [1.82, 2.24) is 0 Å². The molecule has 0 aromatic rings. The quantitative estimate of drug-likeness (QED) is 0.321. The molecule has 0 aromatic carbocycles. The zero-order chi connectivity index (χ0) is 0. The monoisotopic (exact) mass is 1630 g/mol. The van der Waals surface area contributed by atoms with Crippen LogP contribution in [0.5, 0.6) is 0 Å². The minimum atomic E-state index is 0. The molecule has 0 aliphatic carbocycles. The second kappa shape index (κ2) is 61.7. The van der Waals surface area contributed by atoms with E-state index in [0.717, 1.165) is 0 Å². The molecule has 0 aliphatic heterocycles. The molecule has 0 rings (SSSR count). The molecule has 9 heteroatoms. The van der Waals surface area contributed by atoms with Crippen LogP contribution in [-0.2, 0) is 201 Å². The molecule has 0 bridgehead atoms. The van der Waals surface area contributed by atoms with E-state index in [1.165, 1.54) is 0 Å². The van der Waals surface area contributed by atoms with E-state index in [9.17, 15) is 0 Å². The Morgan fingerprint density at radius 2 is 0.111 bits per heavy atom. The van der Waals surface area contributed by atoms with Crippen molar-refractivity contribution in [2.75, 3.05) is 0 Å². The average Bonchev–Trinajstić information content (AvgIpc) is 0. The van der Waals surface area contributed by atoms with Crippen LogP contribution in [0.25, 0.3) is 0 Å². The fourth-order valence-corrected chi connectivity index (χ4v) is 0. The van der Waals surface area contributed by atoms with Crippen molar-refractivity contribution >= 4 is 0 Å². The summed E-state index contributed by atoms with van der Waals surface area (Å²) in [6.45, 7) is 0. The minimum absolute atomic E-state index is 0. The van der Waals surface area contributed by atoms with Crippen molar-refractivity contribution in [3.05, 3.63) is 0 Å². The summed E-state index contributed by atoms with van der Waals surface area (Å²) in [6.07, 6.45) is 0.